The van der Waals surface area contributed by atoms with Crippen LogP contribution >= 0.6 is 0 Å². The molecule has 5 rings (SSSR count). The van der Waals surface area contributed by atoms with Crippen LogP contribution < -0.4 is 4.74 Å². The maximum Gasteiger partial charge on any atom is 0.320 e. The van der Waals surface area contributed by atoms with Gasteiger partial charge >= 0.3 is 6.03 Å². The van der Waals surface area contributed by atoms with Crippen LogP contribution in [-0.2, 0) is 16.8 Å². The second-order valence-corrected chi connectivity index (χ2v) is 10.5. The van der Waals surface area contributed by atoms with E-state index in [-0.39, 0.29) is 17.1 Å². The summed E-state index contributed by atoms with van der Waals surface area (Å²) in [5, 5.41) is 0. The number of carbonyl (C=O) groups is 1. The minimum Gasteiger partial charge on any atom is -0.497 e. The van der Waals surface area contributed by atoms with Crippen molar-refractivity contribution in [2.75, 3.05) is 47.5 Å². The maximum atomic E-state index is 13.7. The van der Waals surface area contributed by atoms with Crippen molar-refractivity contribution < 1.29 is 14.3 Å². The third-order valence-electron chi connectivity index (χ3n) is 8.41. The molecule has 0 unspecified atom stereocenters. The number of nitrogens with zero attached hydrogens (tertiary/aromatic N) is 3. The second-order valence-electron chi connectivity index (χ2n) is 10.5. The molecule has 2 aromatic rings. The van der Waals surface area contributed by atoms with Gasteiger partial charge in [0.1, 0.15) is 5.75 Å². The lowest BCUT2D eigenvalue weighted by Crippen LogP contribution is -2.57. The van der Waals surface area contributed by atoms with Crippen LogP contribution in [0.1, 0.15) is 36.8 Å². The zero-order valence-electron chi connectivity index (χ0n) is 20.7. The average Bonchev–Trinajstić information content (AvgIpc) is 3.08. The van der Waals surface area contributed by atoms with Crippen molar-refractivity contribution in [3.8, 4) is 5.75 Å². The van der Waals surface area contributed by atoms with Crippen molar-refractivity contribution >= 4 is 6.03 Å². The average molecular weight is 464 g/mol. The molecular weight excluding hydrogens is 426 g/mol. The van der Waals surface area contributed by atoms with Gasteiger partial charge in [0.25, 0.3) is 0 Å². The van der Waals surface area contributed by atoms with E-state index in [2.05, 4.69) is 71.3 Å². The minimum atomic E-state index is -0.104. The molecule has 1 aliphatic carbocycles. The molecule has 0 N–H and O–H groups in total. The van der Waals surface area contributed by atoms with Crippen LogP contribution in [0.3, 0.4) is 0 Å². The van der Waals surface area contributed by atoms with E-state index < -0.39 is 0 Å². The Morgan fingerprint density at radius 3 is 2.24 bits per heavy atom. The fraction of sp³-hybridized carbons (Fsp3) is 0.536. The normalized spacial score (nSPS) is 27.5. The van der Waals surface area contributed by atoms with Crippen LogP contribution in [0.5, 0.6) is 5.75 Å². The van der Waals surface area contributed by atoms with Crippen LogP contribution in [0.15, 0.2) is 54.6 Å². The van der Waals surface area contributed by atoms with Gasteiger partial charge in [-0.1, -0.05) is 42.5 Å². The lowest BCUT2D eigenvalue weighted by atomic mass is 9.68. The van der Waals surface area contributed by atoms with Crippen LogP contribution in [0.4, 0.5) is 4.79 Å². The zero-order valence-corrected chi connectivity index (χ0v) is 20.7. The molecule has 6 nitrogen and oxygen atoms in total. The topological polar surface area (TPSA) is 45.2 Å². The van der Waals surface area contributed by atoms with E-state index in [0.717, 1.165) is 63.3 Å². The highest BCUT2D eigenvalue weighted by Crippen LogP contribution is 2.49. The molecule has 3 aliphatic rings. The highest BCUT2D eigenvalue weighted by molar-refractivity contribution is 5.78. The van der Waals surface area contributed by atoms with Crippen LogP contribution in [0.2, 0.25) is 0 Å². The molecule has 2 aliphatic heterocycles. The zero-order chi connectivity index (χ0) is 23.8. The smallest absolute Gasteiger partial charge is 0.320 e. The highest BCUT2D eigenvalue weighted by Gasteiger charge is 2.54. The standard InChI is InChI=1S/C28H37N3O3/c1-29(2)28(24-7-5-4-6-8-24)15-13-27(14-16-28)21-30(17-22-9-11-25(33-3)12-10-22)26(32)31(27)18-23-19-34-20-23/h4-12,23H,13-21H2,1-3H3. The summed E-state index contributed by atoms with van der Waals surface area (Å²) < 4.78 is 10.8. The van der Waals surface area contributed by atoms with Crippen LogP contribution in [-0.4, -0.2) is 73.8 Å². The Hall–Kier alpha value is -2.57. The Bertz CT molecular complexity index is 980. The number of methoxy groups -OCH3 is 1. The summed E-state index contributed by atoms with van der Waals surface area (Å²) >= 11 is 0. The number of ether oxygens (including phenoxy) is 2. The number of amides is 2. The number of carbonyl (C=O) groups excluding carboxylic acids is 1. The number of hydrogen-bond acceptors (Lipinski definition) is 4. The van der Waals surface area contributed by atoms with Gasteiger partial charge in [0.05, 0.1) is 25.9 Å². The fourth-order valence-corrected chi connectivity index (χ4v) is 6.18. The Morgan fingerprint density at radius 1 is 1.00 bits per heavy atom. The summed E-state index contributed by atoms with van der Waals surface area (Å²) in [4.78, 5) is 20.4. The third-order valence-corrected chi connectivity index (χ3v) is 8.41. The van der Waals surface area contributed by atoms with Gasteiger partial charge in [0.15, 0.2) is 0 Å². The number of urea groups is 1. The molecule has 2 aromatic carbocycles. The van der Waals surface area contributed by atoms with E-state index in [0.29, 0.717) is 12.5 Å². The molecule has 0 radical (unpaired) electrons. The first-order valence-corrected chi connectivity index (χ1v) is 12.5. The van der Waals surface area contributed by atoms with Crippen LogP contribution in [0.25, 0.3) is 0 Å². The third kappa shape index (κ3) is 4.07. The van der Waals surface area contributed by atoms with E-state index in [4.69, 9.17) is 9.47 Å². The number of rotatable bonds is 7. The van der Waals surface area contributed by atoms with Gasteiger partial charge in [-0.2, -0.15) is 0 Å². The van der Waals surface area contributed by atoms with Gasteiger partial charge in [-0.05, 0) is 63.0 Å². The molecule has 1 spiro atoms. The Labute approximate surface area is 203 Å². The Kier molecular flexibility index (Phi) is 6.30. The SMILES string of the molecule is COc1ccc(CN2CC3(CCC(c4ccccc4)(N(C)C)CC3)N(CC3COC3)C2=O)cc1. The van der Waals surface area contributed by atoms with Crippen molar-refractivity contribution in [1.29, 1.82) is 0 Å². The van der Waals surface area contributed by atoms with Crippen molar-refractivity contribution in [3.05, 3.63) is 65.7 Å². The number of benzene rings is 2. The van der Waals surface area contributed by atoms with Crippen molar-refractivity contribution in [3.63, 3.8) is 0 Å². The lowest BCUT2D eigenvalue weighted by molar-refractivity contribution is -0.0569. The van der Waals surface area contributed by atoms with E-state index in [1.165, 1.54) is 5.56 Å². The first kappa shape index (κ1) is 23.2. The maximum absolute atomic E-state index is 13.7. The largest absolute Gasteiger partial charge is 0.497 e. The van der Waals surface area contributed by atoms with Crippen molar-refractivity contribution in [1.82, 2.24) is 14.7 Å². The van der Waals surface area contributed by atoms with Crippen LogP contribution in [0, 0.1) is 5.92 Å². The molecule has 182 valence electrons. The molecule has 0 aromatic heterocycles. The summed E-state index contributed by atoms with van der Waals surface area (Å²) in [5.41, 5.74) is 2.44. The molecule has 34 heavy (non-hydrogen) atoms. The van der Waals surface area contributed by atoms with Crippen molar-refractivity contribution in [2.24, 2.45) is 5.92 Å². The molecule has 2 saturated heterocycles. The molecule has 2 heterocycles. The predicted octanol–water partition coefficient (Wildman–Crippen LogP) is 4.35. The monoisotopic (exact) mass is 463 g/mol. The van der Waals surface area contributed by atoms with Gasteiger partial charge in [-0.25, -0.2) is 4.79 Å². The Morgan fingerprint density at radius 2 is 1.68 bits per heavy atom. The first-order chi connectivity index (χ1) is 16.5. The fourth-order valence-electron chi connectivity index (χ4n) is 6.18. The molecule has 3 fully saturated rings. The van der Waals surface area contributed by atoms with E-state index in [1.54, 1.807) is 7.11 Å². The van der Waals surface area contributed by atoms with E-state index in [9.17, 15) is 4.79 Å². The molecule has 0 bridgehead atoms. The summed E-state index contributed by atoms with van der Waals surface area (Å²) in [7, 11) is 6.07. The van der Waals surface area contributed by atoms with E-state index in [1.807, 2.05) is 12.1 Å². The Balaban J connectivity index is 1.38. The summed E-state index contributed by atoms with van der Waals surface area (Å²) in [5.74, 6) is 1.30. The van der Waals surface area contributed by atoms with Gasteiger partial charge < -0.3 is 19.3 Å². The van der Waals surface area contributed by atoms with Gasteiger partial charge in [-0.15, -0.1) is 0 Å². The quantitative estimate of drug-likeness (QED) is 0.613. The number of hydrogen-bond donors (Lipinski definition) is 0. The van der Waals surface area contributed by atoms with E-state index >= 15 is 0 Å². The molecule has 2 amide bonds. The molecule has 6 heteroatoms. The summed E-state index contributed by atoms with van der Waals surface area (Å²) in [6.45, 7) is 3.77. The summed E-state index contributed by atoms with van der Waals surface area (Å²) in [6.07, 6.45) is 4.12. The van der Waals surface area contributed by atoms with Gasteiger partial charge in [0.2, 0.25) is 0 Å². The predicted molar refractivity (Wildman–Crippen MR) is 133 cm³/mol. The van der Waals surface area contributed by atoms with Gasteiger partial charge in [0, 0.05) is 31.1 Å². The first-order valence-electron chi connectivity index (χ1n) is 12.5. The molecular formula is C28H37N3O3. The molecule has 1 saturated carbocycles. The highest BCUT2D eigenvalue weighted by atomic mass is 16.5. The lowest BCUT2D eigenvalue weighted by Gasteiger charge is -2.51. The second kappa shape index (κ2) is 9.23. The van der Waals surface area contributed by atoms with Crippen molar-refractivity contribution in [2.45, 2.75) is 43.3 Å². The van der Waals surface area contributed by atoms with Gasteiger partial charge in [-0.3, -0.25) is 4.90 Å². The molecule has 0 atom stereocenters. The minimum absolute atomic E-state index is 0.0181. The summed E-state index contributed by atoms with van der Waals surface area (Å²) in [6, 6.07) is 19.2.